The van der Waals surface area contributed by atoms with Gasteiger partial charge in [0.05, 0.1) is 17.3 Å². The number of hydrogen-bond donors (Lipinski definition) is 1. The van der Waals surface area contributed by atoms with Crippen LogP contribution in [0.25, 0.3) is 10.8 Å². The number of fused-ring (bicyclic) bond motifs is 2. The second-order valence-electron chi connectivity index (χ2n) is 10.3. The predicted molar refractivity (Wildman–Crippen MR) is 147 cm³/mol. The summed E-state index contributed by atoms with van der Waals surface area (Å²) in [6, 6.07) is 12.6. The van der Waals surface area contributed by atoms with Gasteiger partial charge in [0, 0.05) is 81.8 Å². The van der Waals surface area contributed by atoms with Crippen LogP contribution in [-0.4, -0.2) is 79.8 Å². The van der Waals surface area contributed by atoms with Crippen LogP contribution in [0.2, 0.25) is 5.02 Å². The van der Waals surface area contributed by atoms with E-state index < -0.39 is 5.92 Å². The third-order valence-corrected chi connectivity index (χ3v) is 8.15. The Balaban J connectivity index is 1.25. The van der Waals surface area contributed by atoms with Crippen molar-refractivity contribution in [3.8, 4) is 6.01 Å². The fraction of sp³-hybridized carbons (Fsp3) is 0.500. The molecular formula is C28H33ClF2N6O. The molecule has 6 rings (SSSR count). The third kappa shape index (κ3) is 5.37. The van der Waals surface area contributed by atoms with Gasteiger partial charge in [-0.05, 0) is 23.9 Å². The molecule has 3 aromatic rings. The first-order chi connectivity index (χ1) is 18.5. The number of nitrogens with one attached hydrogen (secondary N) is 1. The molecule has 0 unspecified atom stereocenters. The highest BCUT2D eigenvalue weighted by molar-refractivity contribution is 6.36. The lowest BCUT2D eigenvalue weighted by Gasteiger charge is -2.35. The maximum atomic E-state index is 13.5. The number of nitrogens with zero attached hydrogens (tertiary/aromatic N) is 5. The molecule has 10 heteroatoms. The summed E-state index contributed by atoms with van der Waals surface area (Å²) in [7, 11) is 0. The lowest BCUT2D eigenvalue weighted by Crippen LogP contribution is -2.45. The number of aromatic nitrogens is 2. The largest absolute Gasteiger partial charge is 0.462 e. The number of rotatable bonds is 6. The van der Waals surface area contributed by atoms with Gasteiger partial charge in [0.25, 0.3) is 5.92 Å². The molecule has 3 aliphatic heterocycles. The van der Waals surface area contributed by atoms with Crippen molar-refractivity contribution in [3.05, 3.63) is 52.7 Å². The molecule has 2 aromatic carbocycles. The first-order valence-electron chi connectivity index (χ1n) is 13.5. The fourth-order valence-corrected chi connectivity index (χ4v) is 5.99. The van der Waals surface area contributed by atoms with Crippen molar-refractivity contribution >= 4 is 33.9 Å². The summed E-state index contributed by atoms with van der Waals surface area (Å²) >= 11 is 6.64. The van der Waals surface area contributed by atoms with Gasteiger partial charge in [-0.1, -0.05) is 35.9 Å². The van der Waals surface area contributed by atoms with E-state index >= 15 is 0 Å². The van der Waals surface area contributed by atoms with Gasteiger partial charge < -0.3 is 19.9 Å². The maximum Gasteiger partial charge on any atom is 0.318 e. The Morgan fingerprint density at radius 1 is 0.947 bits per heavy atom. The molecule has 0 amide bonds. The van der Waals surface area contributed by atoms with Crippen molar-refractivity contribution in [2.75, 3.05) is 68.8 Å². The van der Waals surface area contributed by atoms with Gasteiger partial charge in [-0.15, -0.1) is 0 Å². The summed E-state index contributed by atoms with van der Waals surface area (Å²) in [5, 5.41) is 6.32. The molecule has 0 saturated carbocycles. The van der Waals surface area contributed by atoms with Crippen LogP contribution in [0.1, 0.15) is 24.1 Å². The second kappa shape index (κ2) is 10.8. The van der Waals surface area contributed by atoms with Gasteiger partial charge in [-0.25, -0.2) is 8.78 Å². The van der Waals surface area contributed by atoms with E-state index in [4.69, 9.17) is 26.3 Å². The lowest BCUT2D eigenvalue weighted by molar-refractivity contribution is -0.0565. The number of ether oxygens (including phenoxy) is 1. The maximum absolute atomic E-state index is 13.5. The van der Waals surface area contributed by atoms with Crippen molar-refractivity contribution in [2.24, 2.45) is 0 Å². The van der Waals surface area contributed by atoms with Gasteiger partial charge >= 0.3 is 6.01 Å². The molecule has 0 atom stereocenters. The average molecular weight is 543 g/mol. The number of anilines is 2. The van der Waals surface area contributed by atoms with Crippen molar-refractivity contribution in [3.63, 3.8) is 0 Å². The molecule has 4 heterocycles. The van der Waals surface area contributed by atoms with Crippen LogP contribution in [0.3, 0.4) is 0 Å². The molecule has 2 saturated heterocycles. The van der Waals surface area contributed by atoms with E-state index in [9.17, 15) is 8.78 Å². The third-order valence-electron chi connectivity index (χ3n) is 7.84. The molecule has 1 N–H and O–H groups in total. The van der Waals surface area contributed by atoms with E-state index in [-0.39, 0.29) is 12.8 Å². The van der Waals surface area contributed by atoms with Crippen LogP contribution in [0.15, 0.2) is 36.4 Å². The van der Waals surface area contributed by atoms with Crippen LogP contribution in [-0.2, 0) is 13.0 Å². The second-order valence-corrected chi connectivity index (χ2v) is 10.7. The molecule has 2 fully saturated rings. The lowest BCUT2D eigenvalue weighted by atomic mass is 10.0. The van der Waals surface area contributed by atoms with E-state index in [0.29, 0.717) is 38.8 Å². The zero-order valence-electron chi connectivity index (χ0n) is 21.4. The number of likely N-dealkylation sites (tertiary alicyclic amines) is 1. The Labute approximate surface area is 226 Å². The molecule has 7 nitrogen and oxygen atoms in total. The Bertz CT molecular complexity index is 1290. The van der Waals surface area contributed by atoms with Crippen molar-refractivity contribution in [1.82, 2.24) is 20.2 Å². The molecule has 202 valence electrons. The van der Waals surface area contributed by atoms with Crippen LogP contribution in [0.4, 0.5) is 20.3 Å². The molecule has 3 aliphatic rings. The minimum absolute atomic E-state index is 0.0937. The van der Waals surface area contributed by atoms with Gasteiger partial charge in [0.1, 0.15) is 12.4 Å². The highest BCUT2D eigenvalue weighted by Gasteiger charge is 2.34. The van der Waals surface area contributed by atoms with Crippen molar-refractivity contribution in [1.29, 1.82) is 0 Å². The quantitative estimate of drug-likeness (QED) is 0.496. The normalized spacial score (nSPS) is 20.0. The zero-order valence-corrected chi connectivity index (χ0v) is 22.2. The fourth-order valence-electron chi connectivity index (χ4n) is 5.71. The summed E-state index contributed by atoms with van der Waals surface area (Å²) in [5.74, 6) is -1.59. The predicted octanol–water partition coefficient (Wildman–Crippen LogP) is 4.37. The summed E-state index contributed by atoms with van der Waals surface area (Å²) in [5.41, 5.74) is 3.25. The number of alkyl halides is 2. The SMILES string of the molecule is FC1(F)CCN(CCOc2nc3c(c(N4CCNCC4)n2)CCN(c2cccc4cccc(Cl)c24)C3)CC1. The van der Waals surface area contributed by atoms with Crippen LogP contribution in [0.5, 0.6) is 6.01 Å². The Hall–Kier alpha value is -2.75. The van der Waals surface area contributed by atoms with Crippen molar-refractivity contribution < 1.29 is 13.5 Å². The number of piperazine rings is 1. The Morgan fingerprint density at radius 3 is 2.50 bits per heavy atom. The molecule has 0 aliphatic carbocycles. The summed E-state index contributed by atoms with van der Waals surface area (Å²) in [6.45, 7) is 6.80. The molecular weight excluding hydrogens is 510 g/mol. The van der Waals surface area contributed by atoms with E-state index in [0.717, 1.165) is 72.1 Å². The van der Waals surface area contributed by atoms with E-state index in [1.807, 2.05) is 17.0 Å². The van der Waals surface area contributed by atoms with Gasteiger partial charge in [0.2, 0.25) is 0 Å². The minimum atomic E-state index is -2.54. The first-order valence-corrected chi connectivity index (χ1v) is 13.9. The average Bonchev–Trinajstić information content (AvgIpc) is 2.93. The topological polar surface area (TPSA) is 56.8 Å². The highest BCUT2D eigenvalue weighted by Crippen LogP contribution is 2.37. The number of benzene rings is 2. The highest BCUT2D eigenvalue weighted by atomic mass is 35.5. The van der Waals surface area contributed by atoms with Crippen LogP contribution in [0, 0.1) is 0 Å². The monoisotopic (exact) mass is 542 g/mol. The Kier molecular flexibility index (Phi) is 7.24. The summed E-state index contributed by atoms with van der Waals surface area (Å²) in [4.78, 5) is 16.4. The standard InChI is InChI=1S/C28H33ClF2N6O/c29-22-5-1-3-20-4-2-6-24(25(20)22)37-12-7-21-23(19-37)33-27(34-26(21)36-15-10-32-11-16-36)38-18-17-35-13-8-28(30,31)9-14-35/h1-6,32H,7-19H2. The van der Waals surface area contributed by atoms with Gasteiger partial charge in [-0.3, -0.25) is 4.90 Å². The zero-order chi connectivity index (χ0) is 26.1. The van der Waals surface area contributed by atoms with Gasteiger partial charge in [0.15, 0.2) is 0 Å². The number of piperidine rings is 1. The Morgan fingerprint density at radius 2 is 1.71 bits per heavy atom. The molecule has 0 spiro atoms. The van der Waals surface area contributed by atoms with Crippen LogP contribution < -0.4 is 19.9 Å². The van der Waals surface area contributed by atoms with E-state index in [2.05, 4.69) is 39.4 Å². The number of halogens is 3. The molecule has 0 radical (unpaired) electrons. The van der Waals surface area contributed by atoms with E-state index in [1.54, 1.807) is 0 Å². The minimum Gasteiger partial charge on any atom is -0.462 e. The first kappa shape index (κ1) is 25.5. The van der Waals surface area contributed by atoms with Gasteiger partial charge in [-0.2, -0.15) is 9.97 Å². The van der Waals surface area contributed by atoms with Crippen LogP contribution >= 0.6 is 11.6 Å². The van der Waals surface area contributed by atoms with E-state index in [1.165, 1.54) is 5.56 Å². The summed E-state index contributed by atoms with van der Waals surface area (Å²) < 4.78 is 33.1. The molecule has 38 heavy (non-hydrogen) atoms. The van der Waals surface area contributed by atoms with Crippen molar-refractivity contribution in [2.45, 2.75) is 31.7 Å². The summed E-state index contributed by atoms with van der Waals surface area (Å²) in [6.07, 6.45) is 0.644. The molecule has 1 aromatic heterocycles. The smallest absolute Gasteiger partial charge is 0.318 e. The molecule has 0 bridgehead atoms. The number of hydrogen-bond acceptors (Lipinski definition) is 7.